The quantitative estimate of drug-likeness (QED) is 0.423. The van der Waals surface area contributed by atoms with Gasteiger partial charge >= 0.3 is 0 Å². The first-order valence-electron chi connectivity index (χ1n) is 6.19. The number of nitrogens with zero attached hydrogens (tertiary/aromatic N) is 2. The lowest BCUT2D eigenvalue weighted by Crippen LogP contribution is -2.19. The Morgan fingerprint density at radius 2 is 2.00 bits per heavy atom. The monoisotopic (exact) mass is 256 g/mol. The smallest absolute Gasteiger partial charge is 0.0884 e. The van der Waals surface area contributed by atoms with Crippen LogP contribution in [0.25, 0.3) is 0 Å². The highest BCUT2D eigenvalue weighted by Gasteiger charge is 2.08. The maximum absolute atomic E-state index is 4.11. The van der Waals surface area contributed by atoms with E-state index in [4.69, 9.17) is 0 Å². The van der Waals surface area contributed by atoms with Crippen molar-refractivity contribution >= 4 is 18.1 Å². The van der Waals surface area contributed by atoms with Gasteiger partial charge in [0.15, 0.2) is 0 Å². The lowest BCUT2D eigenvalue weighted by Gasteiger charge is -2.22. The molecule has 0 spiro atoms. The van der Waals surface area contributed by atoms with Gasteiger partial charge in [0.2, 0.25) is 0 Å². The van der Waals surface area contributed by atoms with E-state index in [1.54, 1.807) is 0 Å². The van der Waals surface area contributed by atoms with Gasteiger partial charge in [-0.3, -0.25) is 4.99 Å². The zero-order valence-corrected chi connectivity index (χ0v) is 12.3. The summed E-state index contributed by atoms with van der Waals surface area (Å²) in [5.74, 6) is 0. The fraction of sp³-hybridized carbons (Fsp3) is 0.235. The summed E-state index contributed by atoms with van der Waals surface area (Å²) in [6, 6.07) is 6.15. The first-order valence-corrected chi connectivity index (χ1v) is 6.19. The van der Waals surface area contributed by atoms with Crippen molar-refractivity contribution in [1.82, 2.24) is 0 Å². The van der Waals surface area contributed by atoms with E-state index >= 15 is 0 Å². The minimum absolute atomic E-state index is 0.825. The van der Waals surface area contributed by atoms with Crippen LogP contribution in [-0.4, -0.2) is 20.3 Å². The Balaban J connectivity index is 0.00000154. The van der Waals surface area contributed by atoms with Crippen LogP contribution in [0.1, 0.15) is 12.5 Å². The molecular weight excluding hydrogens is 232 g/mol. The summed E-state index contributed by atoms with van der Waals surface area (Å²) in [7, 11) is 2.05. The standard InChI is InChI=1S/C15H20N2.C2H4/c1-6-13(7-2)11-17(5)14-10-8-9-12(3)15(14)16-4;1-2/h6-10H,1,4,11H2,2-3,5H3;1-2H2/b13-7+;. The molecule has 0 atom stereocenters. The molecule has 0 amide bonds. The van der Waals surface area contributed by atoms with E-state index in [-0.39, 0.29) is 0 Å². The molecule has 0 radical (unpaired) electrons. The summed E-state index contributed by atoms with van der Waals surface area (Å²) in [6.45, 7) is 18.3. The number of hydrogen-bond acceptors (Lipinski definition) is 2. The van der Waals surface area contributed by atoms with Gasteiger partial charge in [0.25, 0.3) is 0 Å². The van der Waals surface area contributed by atoms with Crippen molar-refractivity contribution in [3.63, 3.8) is 0 Å². The zero-order chi connectivity index (χ0) is 14.8. The predicted octanol–water partition coefficient (Wildman–Crippen LogP) is 4.70. The SMILES string of the molecule is C=C.C=C/C(=C\C)CN(C)c1cccc(C)c1N=C. The molecule has 0 saturated heterocycles. The van der Waals surface area contributed by atoms with Crippen LogP contribution in [-0.2, 0) is 0 Å². The van der Waals surface area contributed by atoms with Crippen molar-refractivity contribution in [2.45, 2.75) is 13.8 Å². The Morgan fingerprint density at radius 1 is 1.37 bits per heavy atom. The normalized spacial score (nSPS) is 10.2. The van der Waals surface area contributed by atoms with Crippen LogP contribution in [0, 0.1) is 6.92 Å². The van der Waals surface area contributed by atoms with Gasteiger partial charge in [-0.15, -0.1) is 13.2 Å². The van der Waals surface area contributed by atoms with E-state index in [1.165, 1.54) is 5.57 Å². The minimum atomic E-state index is 0.825. The first-order chi connectivity index (χ1) is 9.13. The highest BCUT2D eigenvalue weighted by atomic mass is 15.1. The van der Waals surface area contributed by atoms with Crippen molar-refractivity contribution in [2.75, 3.05) is 18.5 Å². The molecule has 2 heteroatoms. The molecule has 102 valence electrons. The maximum Gasteiger partial charge on any atom is 0.0884 e. The number of likely N-dealkylation sites (N-methyl/N-ethyl adjacent to an activating group) is 1. The van der Waals surface area contributed by atoms with Gasteiger partial charge in [0, 0.05) is 13.6 Å². The molecule has 0 unspecified atom stereocenters. The van der Waals surface area contributed by atoms with Gasteiger partial charge in [-0.25, -0.2) is 0 Å². The molecule has 0 aliphatic heterocycles. The molecular formula is C17H24N2. The number of benzene rings is 1. The summed E-state index contributed by atoms with van der Waals surface area (Å²) in [5.41, 5.74) is 4.39. The number of anilines is 1. The van der Waals surface area contributed by atoms with E-state index in [0.29, 0.717) is 0 Å². The van der Waals surface area contributed by atoms with Crippen molar-refractivity contribution in [2.24, 2.45) is 4.99 Å². The van der Waals surface area contributed by atoms with Gasteiger partial charge in [-0.05, 0) is 37.8 Å². The van der Waals surface area contributed by atoms with E-state index in [2.05, 4.69) is 55.5 Å². The minimum Gasteiger partial charge on any atom is -0.369 e. The number of aliphatic imine (C=N–C) groups is 1. The number of para-hydroxylation sites is 1. The molecule has 2 nitrogen and oxygen atoms in total. The van der Waals surface area contributed by atoms with Crippen LogP contribution in [0.4, 0.5) is 11.4 Å². The average Bonchev–Trinajstić information content (AvgIpc) is 2.46. The van der Waals surface area contributed by atoms with Crippen molar-refractivity contribution in [3.8, 4) is 0 Å². The molecule has 0 aliphatic carbocycles. The summed E-state index contributed by atoms with van der Waals surface area (Å²) < 4.78 is 0. The number of aryl methyl sites for hydroxylation is 1. The van der Waals surface area contributed by atoms with Crippen LogP contribution in [0.15, 0.2) is 60.7 Å². The summed E-state index contributed by atoms with van der Waals surface area (Å²) in [4.78, 5) is 6.27. The van der Waals surface area contributed by atoms with Crippen LogP contribution in [0.2, 0.25) is 0 Å². The Morgan fingerprint density at radius 3 is 2.47 bits per heavy atom. The summed E-state index contributed by atoms with van der Waals surface area (Å²) in [5, 5.41) is 0. The van der Waals surface area contributed by atoms with Gasteiger partial charge < -0.3 is 4.90 Å². The van der Waals surface area contributed by atoms with Gasteiger partial charge in [0.05, 0.1) is 11.4 Å². The van der Waals surface area contributed by atoms with Crippen molar-refractivity contribution < 1.29 is 0 Å². The number of hydrogen-bond donors (Lipinski definition) is 0. The molecule has 0 saturated carbocycles. The zero-order valence-electron chi connectivity index (χ0n) is 12.3. The summed E-state index contributed by atoms with van der Waals surface area (Å²) >= 11 is 0. The van der Waals surface area contributed by atoms with Crippen LogP contribution >= 0.6 is 0 Å². The van der Waals surface area contributed by atoms with Crippen LogP contribution < -0.4 is 4.90 Å². The van der Waals surface area contributed by atoms with E-state index < -0.39 is 0 Å². The van der Waals surface area contributed by atoms with Gasteiger partial charge in [-0.1, -0.05) is 30.9 Å². The molecule has 19 heavy (non-hydrogen) atoms. The molecule has 0 aliphatic rings. The third-order valence-electron chi connectivity index (χ3n) is 2.84. The number of rotatable bonds is 5. The predicted molar refractivity (Wildman–Crippen MR) is 88.9 cm³/mol. The second-order valence-corrected chi connectivity index (χ2v) is 4.02. The Hall–Kier alpha value is -2.09. The second kappa shape index (κ2) is 8.92. The Labute approximate surface area is 117 Å². The average molecular weight is 256 g/mol. The lowest BCUT2D eigenvalue weighted by molar-refractivity contribution is 0.998. The van der Waals surface area contributed by atoms with Crippen molar-refractivity contribution in [3.05, 3.63) is 61.2 Å². The number of allylic oxidation sites excluding steroid dienone is 1. The molecule has 1 rings (SSSR count). The van der Waals surface area contributed by atoms with Crippen molar-refractivity contribution in [1.29, 1.82) is 0 Å². The van der Waals surface area contributed by atoms with Crippen LogP contribution in [0.3, 0.4) is 0 Å². The van der Waals surface area contributed by atoms with Gasteiger partial charge in [0.1, 0.15) is 0 Å². The topological polar surface area (TPSA) is 15.6 Å². The fourth-order valence-corrected chi connectivity index (χ4v) is 1.79. The largest absolute Gasteiger partial charge is 0.369 e. The van der Waals surface area contributed by atoms with E-state index in [1.807, 2.05) is 32.1 Å². The second-order valence-electron chi connectivity index (χ2n) is 4.02. The first kappa shape index (κ1) is 16.9. The third-order valence-corrected chi connectivity index (χ3v) is 2.84. The molecule has 0 N–H and O–H groups in total. The molecule has 0 aromatic heterocycles. The molecule has 1 aromatic carbocycles. The third kappa shape index (κ3) is 4.59. The maximum atomic E-state index is 4.11. The highest BCUT2D eigenvalue weighted by molar-refractivity contribution is 5.72. The van der Waals surface area contributed by atoms with E-state index in [0.717, 1.165) is 23.5 Å². The molecule has 0 heterocycles. The fourth-order valence-electron chi connectivity index (χ4n) is 1.79. The Bertz CT molecular complexity index is 458. The van der Waals surface area contributed by atoms with Crippen LogP contribution in [0.5, 0.6) is 0 Å². The lowest BCUT2D eigenvalue weighted by atomic mass is 10.1. The molecule has 0 bridgehead atoms. The summed E-state index contributed by atoms with van der Waals surface area (Å²) in [6.07, 6.45) is 3.95. The highest BCUT2D eigenvalue weighted by Crippen LogP contribution is 2.31. The molecule has 1 aromatic rings. The Kier molecular flexibility index (Phi) is 7.94. The van der Waals surface area contributed by atoms with Gasteiger partial charge in [-0.2, -0.15) is 0 Å². The van der Waals surface area contributed by atoms with E-state index in [9.17, 15) is 0 Å². The molecule has 0 fully saturated rings.